The maximum absolute atomic E-state index is 13.3. The molecule has 3 atom stereocenters. The molecule has 1 aliphatic carbocycles. The molecule has 0 aromatic heterocycles. The zero-order valence-corrected chi connectivity index (χ0v) is 19.6. The number of likely N-dealkylation sites (tertiary alicyclic amines) is 1. The summed E-state index contributed by atoms with van der Waals surface area (Å²) in [6.07, 6.45) is 4.83. The van der Waals surface area contributed by atoms with Crippen molar-refractivity contribution in [3.05, 3.63) is 47.8 Å². The van der Waals surface area contributed by atoms with Crippen molar-refractivity contribution in [2.24, 2.45) is 11.8 Å². The fourth-order valence-corrected chi connectivity index (χ4v) is 4.28. The topological polar surface area (TPSA) is 86.8 Å². The van der Waals surface area contributed by atoms with Crippen LogP contribution in [-0.4, -0.2) is 51.6 Å². The van der Waals surface area contributed by atoms with E-state index in [1.165, 1.54) is 21.9 Å². The largest absolute Gasteiger partial charge is 0.350 e. The molecule has 3 rings (SSSR count). The van der Waals surface area contributed by atoms with E-state index in [0.717, 1.165) is 0 Å². The summed E-state index contributed by atoms with van der Waals surface area (Å²) in [6.45, 7) is 7.27. The standard InChI is InChI=1S/C25H32FN3O4/c1-16(22(31)27-25(2,3)4)29(15-17-9-11-18(26)12-10-17)21(30)13-14-28-23(32)19-7-5-6-8-20(19)24(28)33/h5-6,9-12,16,19-20H,7-8,13-15H2,1-4H3,(H,27,31)/t16-,19-,20+/m0/s1. The summed E-state index contributed by atoms with van der Waals surface area (Å²) in [5.74, 6) is -2.21. The van der Waals surface area contributed by atoms with Gasteiger partial charge in [0.15, 0.2) is 0 Å². The normalized spacial score (nSPS) is 21.1. The van der Waals surface area contributed by atoms with Gasteiger partial charge >= 0.3 is 0 Å². The smallest absolute Gasteiger partial charge is 0.242 e. The minimum absolute atomic E-state index is 0.0168. The number of carbonyl (C=O) groups is 4. The van der Waals surface area contributed by atoms with Crippen molar-refractivity contribution < 1.29 is 23.6 Å². The van der Waals surface area contributed by atoms with Crippen molar-refractivity contribution in [1.82, 2.24) is 15.1 Å². The van der Waals surface area contributed by atoms with Crippen molar-refractivity contribution in [2.75, 3.05) is 6.54 Å². The van der Waals surface area contributed by atoms with Gasteiger partial charge in [0.25, 0.3) is 0 Å². The predicted octanol–water partition coefficient (Wildman–Crippen LogP) is 2.80. The van der Waals surface area contributed by atoms with Gasteiger partial charge in [-0.05, 0) is 58.2 Å². The number of rotatable bonds is 7. The van der Waals surface area contributed by atoms with Gasteiger partial charge in [-0.3, -0.25) is 24.1 Å². The molecule has 1 heterocycles. The number of allylic oxidation sites excluding steroid dienone is 2. The molecular formula is C25H32FN3O4. The molecule has 4 amide bonds. The second-order valence-corrected chi connectivity index (χ2v) is 9.80. The number of imide groups is 1. The highest BCUT2D eigenvalue weighted by molar-refractivity contribution is 6.05. The van der Waals surface area contributed by atoms with Crippen molar-refractivity contribution >= 4 is 23.6 Å². The highest BCUT2D eigenvalue weighted by Gasteiger charge is 2.47. The lowest BCUT2D eigenvalue weighted by atomic mass is 9.85. The van der Waals surface area contributed by atoms with E-state index in [2.05, 4.69) is 5.32 Å². The second kappa shape index (κ2) is 9.85. The van der Waals surface area contributed by atoms with Gasteiger partial charge in [0.1, 0.15) is 11.9 Å². The van der Waals surface area contributed by atoms with Crippen molar-refractivity contribution in [3.8, 4) is 0 Å². The Morgan fingerprint density at radius 1 is 1.09 bits per heavy atom. The molecule has 1 aliphatic heterocycles. The molecule has 7 nitrogen and oxygen atoms in total. The maximum atomic E-state index is 13.3. The summed E-state index contributed by atoms with van der Waals surface area (Å²) >= 11 is 0. The molecular weight excluding hydrogens is 425 g/mol. The molecule has 0 saturated carbocycles. The Labute approximate surface area is 194 Å². The van der Waals surface area contributed by atoms with Gasteiger partial charge in [0.2, 0.25) is 23.6 Å². The highest BCUT2D eigenvalue weighted by Crippen LogP contribution is 2.35. The van der Waals surface area contributed by atoms with Gasteiger partial charge in [-0.1, -0.05) is 24.3 Å². The van der Waals surface area contributed by atoms with Crippen LogP contribution in [0.25, 0.3) is 0 Å². The van der Waals surface area contributed by atoms with Crippen LogP contribution >= 0.6 is 0 Å². The van der Waals surface area contributed by atoms with E-state index in [0.29, 0.717) is 18.4 Å². The fraction of sp³-hybridized carbons (Fsp3) is 0.520. The number of hydrogen-bond acceptors (Lipinski definition) is 4. The van der Waals surface area contributed by atoms with Gasteiger partial charge in [-0.2, -0.15) is 0 Å². The minimum Gasteiger partial charge on any atom is -0.350 e. The lowest BCUT2D eigenvalue weighted by molar-refractivity contribution is -0.144. The van der Waals surface area contributed by atoms with Crippen LogP contribution in [0.4, 0.5) is 4.39 Å². The number of nitrogens with zero attached hydrogens (tertiary/aromatic N) is 2. The molecule has 1 saturated heterocycles. The average molecular weight is 458 g/mol. The average Bonchev–Trinajstić information content (AvgIpc) is 3.00. The molecule has 0 unspecified atom stereocenters. The lowest BCUT2D eigenvalue weighted by Gasteiger charge is -2.32. The molecule has 1 aromatic carbocycles. The summed E-state index contributed by atoms with van der Waals surface area (Å²) in [4.78, 5) is 54.0. The number of carbonyl (C=O) groups excluding carboxylic acids is 4. The Morgan fingerprint density at radius 3 is 2.15 bits per heavy atom. The van der Waals surface area contributed by atoms with Crippen LogP contribution in [0.1, 0.15) is 52.5 Å². The second-order valence-electron chi connectivity index (χ2n) is 9.80. The molecule has 2 aliphatic rings. The Kier molecular flexibility index (Phi) is 7.34. The van der Waals surface area contributed by atoms with Gasteiger partial charge in [-0.25, -0.2) is 4.39 Å². The van der Waals surface area contributed by atoms with E-state index in [-0.39, 0.29) is 55.0 Å². The molecule has 0 bridgehead atoms. The third kappa shape index (κ3) is 5.86. The molecule has 1 aromatic rings. The fourth-order valence-electron chi connectivity index (χ4n) is 4.28. The van der Waals surface area contributed by atoms with E-state index < -0.39 is 17.4 Å². The number of fused-ring (bicyclic) bond motifs is 1. The quantitative estimate of drug-likeness (QED) is 0.504. The zero-order valence-electron chi connectivity index (χ0n) is 19.6. The summed E-state index contributed by atoms with van der Waals surface area (Å²) in [7, 11) is 0. The molecule has 1 N–H and O–H groups in total. The molecule has 33 heavy (non-hydrogen) atoms. The molecule has 178 valence electrons. The zero-order chi connectivity index (χ0) is 24.3. The summed E-state index contributed by atoms with van der Waals surface area (Å²) in [5.41, 5.74) is 0.194. The number of benzene rings is 1. The van der Waals surface area contributed by atoms with Crippen molar-refractivity contribution in [3.63, 3.8) is 0 Å². The van der Waals surface area contributed by atoms with E-state index in [1.54, 1.807) is 19.1 Å². The molecule has 0 spiro atoms. The van der Waals surface area contributed by atoms with Crippen LogP contribution in [-0.2, 0) is 25.7 Å². The number of amides is 4. The lowest BCUT2D eigenvalue weighted by Crippen LogP contribution is -2.52. The van der Waals surface area contributed by atoms with E-state index in [4.69, 9.17) is 0 Å². The molecule has 1 fully saturated rings. The summed E-state index contributed by atoms with van der Waals surface area (Å²) < 4.78 is 13.3. The first-order valence-corrected chi connectivity index (χ1v) is 11.3. The Morgan fingerprint density at radius 2 is 1.64 bits per heavy atom. The van der Waals surface area contributed by atoms with Crippen LogP contribution in [0.3, 0.4) is 0 Å². The summed E-state index contributed by atoms with van der Waals surface area (Å²) in [6, 6.07) is 4.94. The predicted molar refractivity (Wildman–Crippen MR) is 121 cm³/mol. The monoisotopic (exact) mass is 457 g/mol. The molecule has 0 radical (unpaired) electrons. The number of halogens is 1. The SMILES string of the molecule is C[C@@H](C(=O)NC(C)(C)C)N(Cc1ccc(F)cc1)C(=O)CCN1C(=O)[C@H]2CC=CC[C@H]2C1=O. The first-order chi connectivity index (χ1) is 15.5. The van der Waals surface area contributed by atoms with Gasteiger partial charge in [0.05, 0.1) is 11.8 Å². The molecule has 8 heteroatoms. The van der Waals surface area contributed by atoms with Gasteiger partial charge in [0, 0.05) is 25.0 Å². The first-order valence-electron chi connectivity index (χ1n) is 11.3. The van der Waals surface area contributed by atoms with Crippen LogP contribution in [0, 0.1) is 17.7 Å². The van der Waals surface area contributed by atoms with Crippen LogP contribution in [0.2, 0.25) is 0 Å². The van der Waals surface area contributed by atoms with Crippen molar-refractivity contribution in [2.45, 2.75) is 65.1 Å². The Hall–Kier alpha value is -3.03. The first kappa shape index (κ1) is 24.6. The highest BCUT2D eigenvalue weighted by atomic mass is 19.1. The minimum atomic E-state index is -0.793. The van der Waals surface area contributed by atoms with Crippen LogP contribution in [0.5, 0.6) is 0 Å². The maximum Gasteiger partial charge on any atom is 0.242 e. The Bertz CT molecular complexity index is 925. The van der Waals surface area contributed by atoms with E-state index in [1.807, 2.05) is 32.9 Å². The van der Waals surface area contributed by atoms with E-state index >= 15 is 0 Å². The van der Waals surface area contributed by atoms with Gasteiger partial charge in [-0.15, -0.1) is 0 Å². The van der Waals surface area contributed by atoms with Crippen molar-refractivity contribution in [1.29, 1.82) is 0 Å². The Balaban J connectivity index is 1.72. The van der Waals surface area contributed by atoms with Crippen LogP contribution < -0.4 is 5.32 Å². The van der Waals surface area contributed by atoms with E-state index in [9.17, 15) is 23.6 Å². The third-order valence-electron chi connectivity index (χ3n) is 6.08. The van der Waals surface area contributed by atoms with Crippen LogP contribution in [0.15, 0.2) is 36.4 Å². The number of nitrogens with one attached hydrogen (secondary N) is 1. The van der Waals surface area contributed by atoms with Gasteiger partial charge < -0.3 is 10.2 Å². The summed E-state index contributed by atoms with van der Waals surface area (Å²) in [5, 5.41) is 2.88. The third-order valence-corrected chi connectivity index (χ3v) is 6.08. The number of hydrogen-bond donors (Lipinski definition) is 1.